The van der Waals surface area contributed by atoms with Gasteiger partial charge >= 0.3 is 12.6 Å². The topological polar surface area (TPSA) is 90.6 Å². The van der Waals surface area contributed by atoms with Gasteiger partial charge in [-0.15, -0.1) is 0 Å². The van der Waals surface area contributed by atoms with E-state index < -0.39 is 25.6 Å². The van der Waals surface area contributed by atoms with E-state index in [-0.39, 0.29) is 22.4 Å². The Morgan fingerprint density at radius 3 is 2.61 bits per heavy atom. The molecule has 0 aliphatic heterocycles. The number of alkyl halides is 2. The smallest absolute Gasteiger partial charge is 0.387 e. The van der Waals surface area contributed by atoms with Crippen molar-refractivity contribution in [3.63, 3.8) is 0 Å². The fourth-order valence-corrected chi connectivity index (χ4v) is 1.49. The lowest BCUT2D eigenvalue weighted by molar-refractivity contribution is -0.136. The molecular weight excluding hydrogens is 248 g/mol. The van der Waals surface area contributed by atoms with Gasteiger partial charge in [0.25, 0.3) is 0 Å². The Hall–Kier alpha value is -2.20. The van der Waals surface area contributed by atoms with Gasteiger partial charge in [0.05, 0.1) is 24.7 Å². The van der Waals surface area contributed by atoms with Crippen LogP contribution in [-0.2, 0) is 17.8 Å². The van der Waals surface area contributed by atoms with Crippen LogP contribution in [0.3, 0.4) is 0 Å². The molecule has 0 amide bonds. The van der Waals surface area contributed by atoms with Crippen LogP contribution in [-0.4, -0.2) is 22.8 Å². The minimum atomic E-state index is -3.09. The van der Waals surface area contributed by atoms with E-state index in [4.69, 9.17) is 15.5 Å². The number of benzene rings is 1. The molecule has 0 fully saturated rings. The molecule has 0 spiro atoms. The van der Waals surface area contributed by atoms with Crippen molar-refractivity contribution in [3.05, 3.63) is 28.8 Å². The Morgan fingerprint density at radius 2 is 2.17 bits per heavy atom. The number of aliphatic hydroxyl groups is 1. The number of carboxylic acids is 1. The molecule has 0 unspecified atom stereocenters. The number of halogens is 2. The summed E-state index contributed by atoms with van der Waals surface area (Å²) in [6.45, 7) is -3.79. The fourth-order valence-electron chi connectivity index (χ4n) is 1.49. The van der Waals surface area contributed by atoms with Crippen LogP contribution in [0.5, 0.6) is 5.75 Å². The van der Waals surface area contributed by atoms with E-state index in [1.165, 1.54) is 6.07 Å². The molecule has 0 bridgehead atoms. The molecule has 0 saturated carbocycles. The van der Waals surface area contributed by atoms with Crippen molar-refractivity contribution in [3.8, 4) is 11.8 Å². The highest BCUT2D eigenvalue weighted by Crippen LogP contribution is 2.27. The second kappa shape index (κ2) is 5.93. The van der Waals surface area contributed by atoms with Crippen molar-refractivity contribution < 1.29 is 28.5 Å². The molecule has 18 heavy (non-hydrogen) atoms. The summed E-state index contributed by atoms with van der Waals surface area (Å²) < 4.78 is 28.4. The van der Waals surface area contributed by atoms with Gasteiger partial charge in [0.15, 0.2) is 0 Å². The number of nitrogens with zero attached hydrogens (tertiary/aromatic N) is 1. The largest absolute Gasteiger partial charge is 0.481 e. The average molecular weight is 257 g/mol. The number of hydrogen-bond donors (Lipinski definition) is 2. The maximum Gasteiger partial charge on any atom is 0.387 e. The van der Waals surface area contributed by atoms with Crippen LogP contribution in [0.1, 0.15) is 16.7 Å². The molecule has 1 rings (SSSR count). The third-order valence-electron chi connectivity index (χ3n) is 2.18. The molecule has 7 heteroatoms. The lowest BCUT2D eigenvalue weighted by Gasteiger charge is -2.12. The monoisotopic (exact) mass is 257 g/mol. The molecule has 1 aromatic carbocycles. The number of ether oxygens (including phenoxy) is 1. The van der Waals surface area contributed by atoms with Gasteiger partial charge in [-0.25, -0.2) is 0 Å². The molecule has 5 nitrogen and oxygen atoms in total. The van der Waals surface area contributed by atoms with E-state index in [1.807, 2.05) is 0 Å². The predicted molar refractivity (Wildman–Crippen MR) is 55.1 cm³/mol. The first-order chi connectivity index (χ1) is 8.49. The Bertz CT molecular complexity index is 497. The van der Waals surface area contributed by atoms with Crippen LogP contribution < -0.4 is 4.74 Å². The highest BCUT2D eigenvalue weighted by atomic mass is 19.3. The first-order valence-corrected chi connectivity index (χ1v) is 4.82. The molecule has 0 saturated heterocycles. The summed E-state index contributed by atoms with van der Waals surface area (Å²) in [4.78, 5) is 10.6. The highest BCUT2D eigenvalue weighted by molar-refractivity contribution is 5.72. The molecule has 0 aliphatic carbocycles. The van der Waals surface area contributed by atoms with Crippen LogP contribution in [0, 0.1) is 11.3 Å². The second-order valence-corrected chi connectivity index (χ2v) is 3.30. The number of aliphatic hydroxyl groups excluding tert-OH is 1. The van der Waals surface area contributed by atoms with Gasteiger partial charge < -0.3 is 14.9 Å². The van der Waals surface area contributed by atoms with E-state index in [9.17, 15) is 13.6 Å². The summed E-state index contributed by atoms with van der Waals surface area (Å²) in [5.74, 6) is -1.50. The molecule has 2 N–H and O–H groups in total. The second-order valence-electron chi connectivity index (χ2n) is 3.30. The molecule has 1 aromatic rings. The lowest BCUT2D eigenvalue weighted by atomic mass is 9.99. The van der Waals surface area contributed by atoms with E-state index >= 15 is 0 Å². The third kappa shape index (κ3) is 3.15. The Labute approximate surface area is 101 Å². The summed E-state index contributed by atoms with van der Waals surface area (Å²) in [6.07, 6.45) is -0.440. The van der Waals surface area contributed by atoms with Crippen LogP contribution in [0.4, 0.5) is 8.78 Å². The number of hydrogen-bond acceptors (Lipinski definition) is 4. The lowest BCUT2D eigenvalue weighted by Crippen LogP contribution is -2.09. The number of aliphatic carboxylic acids is 1. The van der Waals surface area contributed by atoms with E-state index in [1.54, 1.807) is 6.07 Å². The number of carboxylic acid groups (broad SMARTS) is 1. The standard InChI is InChI=1S/C11H9F2NO4/c12-11(13)18-9-2-1-6(3-10(16)17)7(4-14)8(9)5-15/h1-2,11,15H,3,5H2,(H,16,17). The average Bonchev–Trinajstić information content (AvgIpc) is 2.29. The van der Waals surface area contributed by atoms with Crippen molar-refractivity contribution in [2.24, 2.45) is 0 Å². The zero-order valence-electron chi connectivity index (χ0n) is 9.06. The SMILES string of the molecule is N#Cc1c(CC(=O)O)ccc(OC(F)F)c1CO. The highest BCUT2D eigenvalue weighted by Gasteiger charge is 2.17. The zero-order valence-corrected chi connectivity index (χ0v) is 9.06. The minimum Gasteiger partial charge on any atom is -0.481 e. The molecule has 0 atom stereocenters. The predicted octanol–water partition coefficient (Wildman–Crippen LogP) is 1.28. The summed E-state index contributed by atoms with van der Waals surface area (Å²) >= 11 is 0. The van der Waals surface area contributed by atoms with E-state index in [0.717, 1.165) is 6.07 Å². The molecular formula is C11H9F2NO4. The van der Waals surface area contributed by atoms with Crippen molar-refractivity contribution in [2.45, 2.75) is 19.6 Å². The van der Waals surface area contributed by atoms with Gasteiger partial charge in [0, 0.05) is 5.56 Å². The van der Waals surface area contributed by atoms with Crippen molar-refractivity contribution in [2.75, 3.05) is 0 Å². The molecule has 0 radical (unpaired) electrons. The summed E-state index contributed by atoms with van der Waals surface area (Å²) in [5, 5.41) is 26.6. The number of carbonyl (C=O) groups is 1. The van der Waals surface area contributed by atoms with Gasteiger partial charge in [-0.05, 0) is 11.6 Å². The zero-order chi connectivity index (χ0) is 13.7. The minimum absolute atomic E-state index is 0.135. The Morgan fingerprint density at radius 1 is 1.50 bits per heavy atom. The first kappa shape index (κ1) is 13.9. The van der Waals surface area contributed by atoms with E-state index in [0.29, 0.717) is 0 Å². The maximum atomic E-state index is 12.1. The van der Waals surface area contributed by atoms with Gasteiger partial charge in [-0.1, -0.05) is 6.07 Å². The molecule has 0 heterocycles. The third-order valence-corrected chi connectivity index (χ3v) is 2.18. The van der Waals surface area contributed by atoms with Gasteiger partial charge in [-0.3, -0.25) is 4.79 Å². The molecule has 0 aliphatic rings. The maximum absolute atomic E-state index is 12.1. The van der Waals surface area contributed by atoms with Crippen LogP contribution in [0.2, 0.25) is 0 Å². The molecule has 0 aromatic heterocycles. The number of nitriles is 1. The fraction of sp³-hybridized carbons (Fsp3) is 0.273. The normalized spacial score (nSPS) is 10.2. The van der Waals surface area contributed by atoms with E-state index in [2.05, 4.69) is 4.74 Å². The van der Waals surface area contributed by atoms with Crippen LogP contribution >= 0.6 is 0 Å². The first-order valence-electron chi connectivity index (χ1n) is 4.82. The summed E-state index contributed by atoms with van der Waals surface area (Å²) in [5.41, 5.74) is -0.162. The molecule has 96 valence electrons. The Balaban J connectivity index is 3.28. The van der Waals surface area contributed by atoms with Gasteiger partial charge in [0.1, 0.15) is 5.75 Å². The number of rotatable bonds is 5. The van der Waals surface area contributed by atoms with Gasteiger partial charge in [0.2, 0.25) is 0 Å². The van der Waals surface area contributed by atoms with Crippen molar-refractivity contribution in [1.29, 1.82) is 5.26 Å². The summed E-state index contributed by atoms with van der Waals surface area (Å²) in [6, 6.07) is 4.01. The van der Waals surface area contributed by atoms with Crippen LogP contribution in [0.25, 0.3) is 0 Å². The van der Waals surface area contributed by atoms with Crippen LogP contribution in [0.15, 0.2) is 12.1 Å². The quantitative estimate of drug-likeness (QED) is 0.829. The van der Waals surface area contributed by atoms with Crippen molar-refractivity contribution in [1.82, 2.24) is 0 Å². The summed E-state index contributed by atoms with van der Waals surface area (Å²) in [7, 11) is 0. The van der Waals surface area contributed by atoms with Gasteiger partial charge in [-0.2, -0.15) is 14.0 Å². The van der Waals surface area contributed by atoms with Crippen molar-refractivity contribution >= 4 is 5.97 Å². The Kier molecular flexibility index (Phi) is 4.57.